The number of benzene rings is 2. The van der Waals surface area contributed by atoms with Gasteiger partial charge >= 0.3 is 6.09 Å². The third kappa shape index (κ3) is 7.14. The number of aromatic nitrogens is 2. The molecule has 174 valence electrons. The van der Waals surface area contributed by atoms with E-state index in [1.165, 1.54) is 11.8 Å². The Hall–Kier alpha value is -2.19. The number of hydrogen-bond acceptors (Lipinski definition) is 5. The number of imide groups is 1. The van der Waals surface area contributed by atoms with E-state index in [0.717, 1.165) is 21.2 Å². The Balaban J connectivity index is 1.99. The Morgan fingerprint density at radius 3 is 2.39 bits per heavy atom. The third-order valence-electron chi connectivity index (χ3n) is 4.50. The summed E-state index contributed by atoms with van der Waals surface area (Å²) < 4.78 is 7.25. The quantitative estimate of drug-likeness (QED) is 0.339. The van der Waals surface area contributed by atoms with Crippen molar-refractivity contribution in [2.45, 2.75) is 42.8 Å². The number of hydrogen-bond donors (Lipinski definition) is 1. The molecule has 0 saturated carbocycles. The van der Waals surface area contributed by atoms with Gasteiger partial charge in [0.05, 0.1) is 5.69 Å². The molecule has 0 unspecified atom stereocenters. The summed E-state index contributed by atoms with van der Waals surface area (Å²) >= 11 is 19.3. The fourth-order valence-corrected chi connectivity index (χ4v) is 5.02. The number of carbonyl (C=O) groups excluding carboxylic acids is 2. The fraction of sp³-hybridized carbons (Fsp3) is 0.261. The summed E-state index contributed by atoms with van der Waals surface area (Å²) in [6.45, 7) is 4.48. The lowest BCUT2D eigenvalue weighted by Gasteiger charge is -2.14. The zero-order valence-electron chi connectivity index (χ0n) is 18.0. The van der Waals surface area contributed by atoms with Gasteiger partial charge in [-0.3, -0.25) is 10.1 Å². The number of imidazole rings is 1. The van der Waals surface area contributed by atoms with E-state index >= 15 is 0 Å². The van der Waals surface area contributed by atoms with Crippen molar-refractivity contribution >= 4 is 58.6 Å². The van der Waals surface area contributed by atoms with Crippen LogP contribution in [0.4, 0.5) is 4.79 Å². The molecule has 3 rings (SSSR count). The maximum Gasteiger partial charge on any atom is 0.414 e. The molecule has 1 heterocycles. The molecule has 2 amide bonds. The SMILES string of the molecule is CC(C)c1nc(COC(=O)NC(=O)CCl)n(Cc2ccccc2)c1Sc1cc(Cl)cc(Cl)c1. The van der Waals surface area contributed by atoms with Crippen molar-refractivity contribution in [3.05, 3.63) is 75.7 Å². The average Bonchev–Trinajstić information content (AvgIpc) is 3.09. The Morgan fingerprint density at radius 2 is 1.79 bits per heavy atom. The van der Waals surface area contributed by atoms with Crippen LogP contribution in [0.3, 0.4) is 0 Å². The van der Waals surface area contributed by atoms with Gasteiger partial charge in [0.2, 0.25) is 5.91 Å². The maximum atomic E-state index is 12.0. The lowest BCUT2D eigenvalue weighted by molar-refractivity contribution is -0.118. The van der Waals surface area contributed by atoms with Gasteiger partial charge in [-0.15, -0.1) is 11.6 Å². The van der Waals surface area contributed by atoms with Gasteiger partial charge in [-0.1, -0.05) is 79.1 Å². The molecule has 1 N–H and O–H groups in total. The zero-order chi connectivity index (χ0) is 24.0. The summed E-state index contributed by atoms with van der Waals surface area (Å²) in [5, 5.41) is 4.03. The van der Waals surface area contributed by atoms with Crippen molar-refractivity contribution in [3.8, 4) is 0 Å². The van der Waals surface area contributed by atoms with Crippen LogP contribution < -0.4 is 5.32 Å². The number of carbonyl (C=O) groups is 2. The molecule has 0 radical (unpaired) electrons. The lowest BCUT2D eigenvalue weighted by atomic mass is 10.1. The van der Waals surface area contributed by atoms with E-state index in [1.807, 2.05) is 60.9 Å². The Morgan fingerprint density at radius 1 is 1.12 bits per heavy atom. The Bertz CT molecular complexity index is 1120. The van der Waals surface area contributed by atoms with E-state index in [0.29, 0.717) is 22.4 Å². The van der Waals surface area contributed by atoms with Crippen LogP contribution in [0, 0.1) is 0 Å². The molecule has 0 spiro atoms. The van der Waals surface area contributed by atoms with Crippen LogP contribution in [0.15, 0.2) is 58.5 Å². The molecular formula is C23H22Cl3N3O3S. The van der Waals surface area contributed by atoms with E-state index in [2.05, 4.69) is 5.32 Å². The minimum absolute atomic E-state index is 0.101. The number of nitrogens with one attached hydrogen (secondary N) is 1. The molecule has 6 nitrogen and oxygen atoms in total. The second-order valence-corrected chi connectivity index (χ2v) is 9.61. The third-order valence-corrected chi connectivity index (χ3v) is 6.27. The van der Waals surface area contributed by atoms with Crippen molar-refractivity contribution < 1.29 is 14.3 Å². The normalized spacial score (nSPS) is 11.0. The molecule has 3 aromatic rings. The highest BCUT2D eigenvalue weighted by molar-refractivity contribution is 7.99. The molecule has 0 aliphatic heterocycles. The molecule has 33 heavy (non-hydrogen) atoms. The minimum atomic E-state index is -0.878. The van der Waals surface area contributed by atoms with Crippen LogP contribution in [-0.4, -0.2) is 27.4 Å². The van der Waals surface area contributed by atoms with Crippen molar-refractivity contribution in [2.24, 2.45) is 0 Å². The van der Waals surface area contributed by atoms with E-state index in [-0.39, 0.29) is 18.4 Å². The van der Waals surface area contributed by atoms with Gasteiger partial charge < -0.3 is 9.30 Å². The second kappa shape index (κ2) is 11.8. The Labute approximate surface area is 211 Å². The average molecular weight is 527 g/mol. The molecule has 0 saturated heterocycles. The number of alkyl carbamates (subject to hydrolysis) is 1. The Kier molecular flexibility index (Phi) is 9.09. The van der Waals surface area contributed by atoms with Crippen LogP contribution in [0.2, 0.25) is 10.0 Å². The first-order chi connectivity index (χ1) is 15.8. The van der Waals surface area contributed by atoms with Gasteiger partial charge in [-0.05, 0) is 29.7 Å². The number of alkyl halides is 1. The first-order valence-corrected chi connectivity index (χ1v) is 12.2. The van der Waals surface area contributed by atoms with Gasteiger partial charge in [0.25, 0.3) is 0 Å². The van der Waals surface area contributed by atoms with Crippen LogP contribution in [-0.2, 0) is 22.7 Å². The van der Waals surface area contributed by atoms with Crippen LogP contribution in [0.5, 0.6) is 0 Å². The standard InChI is InChI=1S/C23H22Cl3N3O3S/c1-14(2)21-22(33-18-9-16(25)8-17(26)10-18)29(12-15-6-4-3-5-7-15)19(27-21)13-32-23(31)28-20(30)11-24/h3-10,14H,11-13H2,1-2H3,(H,28,30,31). The molecule has 0 atom stereocenters. The van der Waals surface area contributed by atoms with E-state index in [9.17, 15) is 9.59 Å². The van der Waals surface area contributed by atoms with Crippen molar-refractivity contribution in [1.82, 2.24) is 14.9 Å². The molecule has 0 bridgehead atoms. The predicted octanol–water partition coefficient (Wildman–Crippen LogP) is 6.50. The summed E-state index contributed by atoms with van der Waals surface area (Å²) in [6, 6.07) is 15.2. The molecular weight excluding hydrogens is 505 g/mol. The second-order valence-electron chi connectivity index (χ2n) is 7.41. The monoisotopic (exact) mass is 525 g/mol. The van der Waals surface area contributed by atoms with Gasteiger partial charge in [0, 0.05) is 21.5 Å². The number of amides is 2. The van der Waals surface area contributed by atoms with E-state index in [4.69, 9.17) is 44.5 Å². The first kappa shape index (κ1) is 25.4. The maximum absolute atomic E-state index is 12.0. The topological polar surface area (TPSA) is 73.2 Å². The van der Waals surface area contributed by atoms with Crippen molar-refractivity contribution in [3.63, 3.8) is 0 Å². The number of ether oxygens (including phenoxy) is 1. The number of halogens is 3. The highest BCUT2D eigenvalue weighted by Gasteiger charge is 2.22. The van der Waals surface area contributed by atoms with Gasteiger partial charge in [-0.25, -0.2) is 9.78 Å². The molecule has 0 fully saturated rings. The van der Waals surface area contributed by atoms with E-state index < -0.39 is 12.0 Å². The highest BCUT2D eigenvalue weighted by Crippen LogP contribution is 2.37. The van der Waals surface area contributed by atoms with Crippen molar-refractivity contribution in [1.29, 1.82) is 0 Å². The van der Waals surface area contributed by atoms with Crippen LogP contribution in [0.25, 0.3) is 0 Å². The lowest BCUT2D eigenvalue weighted by Crippen LogP contribution is -2.32. The molecule has 0 aliphatic carbocycles. The van der Waals surface area contributed by atoms with Crippen LogP contribution >= 0.6 is 46.6 Å². The van der Waals surface area contributed by atoms with Gasteiger partial charge in [0.15, 0.2) is 6.61 Å². The van der Waals surface area contributed by atoms with Gasteiger partial charge in [-0.2, -0.15) is 0 Å². The summed E-state index contributed by atoms with van der Waals surface area (Å²) in [5.41, 5.74) is 1.90. The summed E-state index contributed by atoms with van der Waals surface area (Å²) in [6.07, 6.45) is -0.878. The summed E-state index contributed by atoms with van der Waals surface area (Å²) in [4.78, 5) is 29.0. The minimum Gasteiger partial charge on any atom is -0.441 e. The summed E-state index contributed by atoms with van der Waals surface area (Å²) in [7, 11) is 0. The first-order valence-electron chi connectivity index (χ1n) is 10.1. The number of rotatable bonds is 8. The zero-order valence-corrected chi connectivity index (χ0v) is 21.1. The van der Waals surface area contributed by atoms with E-state index in [1.54, 1.807) is 6.07 Å². The largest absolute Gasteiger partial charge is 0.441 e. The predicted molar refractivity (Wildman–Crippen MR) is 131 cm³/mol. The molecule has 10 heteroatoms. The van der Waals surface area contributed by atoms with Crippen LogP contribution in [0.1, 0.15) is 36.8 Å². The fourth-order valence-electron chi connectivity index (χ4n) is 3.04. The number of nitrogens with zero attached hydrogens (tertiary/aromatic N) is 2. The molecule has 2 aromatic carbocycles. The summed E-state index contributed by atoms with van der Waals surface area (Å²) in [5.74, 6) is -0.319. The highest BCUT2D eigenvalue weighted by atomic mass is 35.5. The smallest absolute Gasteiger partial charge is 0.414 e. The van der Waals surface area contributed by atoms with Crippen molar-refractivity contribution in [2.75, 3.05) is 5.88 Å². The molecule has 1 aromatic heterocycles. The van der Waals surface area contributed by atoms with Gasteiger partial charge in [0.1, 0.15) is 16.7 Å². The molecule has 0 aliphatic rings.